The summed E-state index contributed by atoms with van der Waals surface area (Å²) in [6.45, 7) is 2.56. The van der Waals surface area contributed by atoms with Gasteiger partial charge in [-0.15, -0.1) is 0 Å². The first kappa shape index (κ1) is 8.85. The molecular weight excluding hydrogens is 196 g/mol. The summed E-state index contributed by atoms with van der Waals surface area (Å²) in [6, 6.07) is 5.67. The van der Waals surface area contributed by atoms with Crippen molar-refractivity contribution in [2.24, 2.45) is 0 Å². The van der Waals surface area contributed by atoms with Gasteiger partial charge in [0.1, 0.15) is 25.9 Å². The predicted octanol–water partition coefficient (Wildman–Crippen LogP) is 1.24. The van der Waals surface area contributed by atoms with E-state index in [2.05, 4.69) is 0 Å². The fourth-order valence-corrected chi connectivity index (χ4v) is 1.51. The lowest BCUT2D eigenvalue weighted by atomic mass is 10.3. The highest BCUT2D eigenvalue weighted by atomic mass is 16.6. The first-order chi connectivity index (χ1) is 7.43. The highest BCUT2D eigenvalue weighted by Gasteiger charge is 2.24. The average molecular weight is 208 g/mol. The molecule has 4 heteroatoms. The lowest BCUT2D eigenvalue weighted by molar-refractivity contribution is 0.160. The van der Waals surface area contributed by atoms with Gasteiger partial charge >= 0.3 is 0 Å². The molecule has 1 saturated heterocycles. The Kier molecular flexibility index (Phi) is 2.14. The monoisotopic (exact) mass is 208 g/mol. The Hall–Kier alpha value is -1.42. The van der Waals surface area contributed by atoms with Crippen LogP contribution in [0, 0.1) is 0 Å². The van der Waals surface area contributed by atoms with Crippen molar-refractivity contribution in [2.45, 2.75) is 6.10 Å². The van der Waals surface area contributed by atoms with Crippen LogP contribution >= 0.6 is 0 Å². The van der Waals surface area contributed by atoms with Crippen molar-refractivity contribution in [3.63, 3.8) is 0 Å². The molecule has 80 valence electrons. The van der Waals surface area contributed by atoms with Gasteiger partial charge in [0, 0.05) is 0 Å². The largest absolute Gasteiger partial charge is 0.487 e. The van der Waals surface area contributed by atoms with E-state index < -0.39 is 0 Å². The van der Waals surface area contributed by atoms with Crippen molar-refractivity contribution in [2.75, 3.05) is 26.4 Å². The number of para-hydroxylation sites is 1. The number of epoxide rings is 1. The Morgan fingerprint density at radius 2 is 2.13 bits per heavy atom. The van der Waals surface area contributed by atoms with E-state index in [1.807, 2.05) is 18.2 Å². The number of hydrogen-bond acceptors (Lipinski definition) is 4. The summed E-state index contributed by atoms with van der Waals surface area (Å²) in [4.78, 5) is 0. The van der Waals surface area contributed by atoms with Crippen LogP contribution in [0.15, 0.2) is 18.2 Å². The van der Waals surface area contributed by atoms with Gasteiger partial charge in [0.05, 0.1) is 6.61 Å². The molecule has 1 aromatic rings. The normalized spacial score (nSPS) is 22.3. The van der Waals surface area contributed by atoms with E-state index in [9.17, 15) is 0 Å². The van der Waals surface area contributed by atoms with Gasteiger partial charge in [-0.25, -0.2) is 0 Å². The topological polar surface area (TPSA) is 40.2 Å². The molecule has 15 heavy (non-hydrogen) atoms. The van der Waals surface area contributed by atoms with E-state index in [0.717, 1.165) is 18.1 Å². The second kappa shape index (κ2) is 3.62. The van der Waals surface area contributed by atoms with E-state index in [0.29, 0.717) is 25.6 Å². The third-order valence-electron chi connectivity index (χ3n) is 2.36. The van der Waals surface area contributed by atoms with Gasteiger partial charge in [0.15, 0.2) is 11.5 Å². The maximum absolute atomic E-state index is 5.60. The number of fused-ring (bicyclic) bond motifs is 1. The zero-order chi connectivity index (χ0) is 10.1. The molecule has 0 amide bonds. The van der Waals surface area contributed by atoms with Crippen molar-refractivity contribution in [1.82, 2.24) is 0 Å². The molecule has 2 heterocycles. The SMILES string of the molecule is c1cc2c(c(OC[C@H]3CO3)c1)OCCO2. The lowest BCUT2D eigenvalue weighted by Gasteiger charge is -2.20. The minimum absolute atomic E-state index is 0.255. The van der Waals surface area contributed by atoms with E-state index >= 15 is 0 Å². The van der Waals surface area contributed by atoms with Crippen LogP contribution in [0.3, 0.4) is 0 Å². The standard InChI is InChI=1S/C11H12O4/c1-2-9-11(13-5-4-12-9)10(3-1)15-7-8-6-14-8/h1-3,8H,4-7H2/t8-/m1/s1. The van der Waals surface area contributed by atoms with Crippen LogP contribution in [0.5, 0.6) is 17.2 Å². The van der Waals surface area contributed by atoms with Crippen LogP contribution in [0.4, 0.5) is 0 Å². The van der Waals surface area contributed by atoms with Crippen LogP contribution in [0.1, 0.15) is 0 Å². The zero-order valence-corrected chi connectivity index (χ0v) is 8.27. The minimum atomic E-state index is 0.255. The second-order valence-corrected chi connectivity index (χ2v) is 3.55. The van der Waals surface area contributed by atoms with Crippen molar-refractivity contribution in [3.8, 4) is 17.2 Å². The van der Waals surface area contributed by atoms with Gasteiger partial charge in [-0.1, -0.05) is 6.07 Å². The molecule has 0 bridgehead atoms. The Morgan fingerprint density at radius 1 is 1.27 bits per heavy atom. The third kappa shape index (κ3) is 1.85. The first-order valence-corrected chi connectivity index (χ1v) is 5.06. The highest BCUT2D eigenvalue weighted by Crippen LogP contribution is 2.39. The van der Waals surface area contributed by atoms with Gasteiger partial charge in [-0.05, 0) is 12.1 Å². The zero-order valence-electron chi connectivity index (χ0n) is 8.27. The molecule has 1 atom stereocenters. The van der Waals surface area contributed by atoms with Gasteiger partial charge in [0.2, 0.25) is 5.75 Å². The van der Waals surface area contributed by atoms with Crippen molar-refractivity contribution >= 4 is 0 Å². The van der Waals surface area contributed by atoms with Crippen LogP contribution in [0.2, 0.25) is 0 Å². The summed E-state index contributed by atoms with van der Waals surface area (Å²) in [5.41, 5.74) is 0. The molecule has 0 aromatic heterocycles. The second-order valence-electron chi connectivity index (χ2n) is 3.55. The van der Waals surface area contributed by atoms with Crippen molar-refractivity contribution in [1.29, 1.82) is 0 Å². The number of hydrogen-bond donors (Lipinski definition) is 0. The Bertz CT molecular complexity index is 360. The third-order valence-corrected chi connectivity index (χ3v) is 2.36. The van der Waals surface area contributed by atoms with Crippen LogP contribution in [0.25, 0.3) is 0 Å². The molecule has 0 unspecified atom stereocenters. The summed E-state index contributed by atoms with van der Waals surface area (Å²) in [6.07, 6.45) is 0.255. The Labute approximate surface area is 87.7 Å². The molecule has 2 aliphatic heterocycles. The van der Waals surface area contributed by atoms with Crippen LogP contribution in [-0.2, 0) is 4.74 Å². The molecule has 3 rings (SSSR count). The van der Waals surface area contributed by atoms with Crippen molar-refractivity contribution in [3.05, 3.63) is 18.2 Å². The fourth-order valence-electron chi connectivity index (χ4n) is 1.51. The smallest absolute Gasteiger partial charge is 0.203 e. The highest BCUT2D eigenvalue weighted by molar-refractivity contribution is 5.51. The van der Waals surface area contributed by atoms with Gasteiger partial charge < -0.3 is 18.9 Å². The lowest BCUT2D eigenvalue weighted by Crippen LogP contribution is -2.16. The summed E-state index contributed by atoms with van der Waals surface area (Å²) in [7, 11) is 0. The average Bonchev–Trinajstić information content (AvgIpc) is 3.10. The fraction of sp³-hybridized carbons (Fsp3) is 0.455. The molecule has 0 spiro atoms. The predicted molar refractivity (Wildman–Crippen MR) is 52.7 cm³/mol. The molecule has 4 nitrogen and oxygen atoms in total. The summed E-state index contributed by atoms with van der Waals surface area (Å²) < 4.78 is 21.6. The summed E-state index contributed by atoms with van der Waals surface area (Å²) in [5.74, 6) is 2.21. The van der Waals surface area contributed by atoms with E-state index in [1.54, 1.807) is 0 Å². The Balaban J connectivity index is 1.79. The minimum Gasteiger partial charge on any atom is -0.487 e. The van der Waals surface area contributed by atoms with E-state index in [-0.39, 0.29) is 6.10 Å². The Morgan fingerprint density at radius 3 is 3.00 bits per heavy atom. The quantitative estimate of drug-likeness (QED) is 0.700. The molecule has 0 N–H and O–H groups in total. The molecule has 1 aromatic carbocycles. The number of ether oxygens (including phenoxy) is 4. The van der Waals surface area contributed by atoms with Crippen LogP contribution in [-0.4, -0.2) is 32.5 Å². The van der Waals surface area contributed by atoms with Gasteiger partial charge in [-0.2, -0.15) is 0 Å². The molecule has 0 aliphatic carbocycles. The number of rotatable bonds is 3. The van der Waals surface area contributed by atoms with E-state index in [4.69, 9.17) is 18.9 Å². The molecule has 0 radical (unpaired) electrons. The van der Waals surface area contributed by atoms with E-state index in [1.165, 1.54) is 0 Å². The number of benzene rings is 1. The van der Waals surface area contributed by atoms with Crippen LogP contribution < -0.4 is 14.2 Å². The maximum Gasteiger partial charge on any atom is 0.203 e. The summed E-state index contributed by atoms with van der Waals surface area (Å²) >= 11 is 0. The maximum atomic E-state index is 5.60. The molecular formula is C11H12O4. The first-order valence-electron chi connectivity index (χ1n) is 5.06. The molecule has 0 saturated carbocycles. The molecule has 2 aliphatic rings. The molecule has 1 fully saturated rings. The van der Waals surface area contributed by atoms with Crippen molar-refractivity contribution < 1.29 is 18.9 Å². The van der Waals surface area contributed by atoms with Gasteiger partial charge in [0.25, 0.3) is 0 Å². The van der Waals surface area contributed by atoms with Gasteiger partial charge in [-0.3, -0.25) is 0 Å². The summed E-state index contributed by atoms with van der Waals surface area (Å²) in [5, 5.41) is 0.